The SMILES string of the molecule is CC1CC(C(=O)N=S2(=O)CCC3(CC2)CC(NC(=O)Cc2cccnc2)CCO3)CO1. The fourth-order valence-electron chi connectivity index (χ4n) is 4.70. The third kappa shape index (κ3) is 5.70. The zero-order valence-electron chi connectivity index (χ0n) is 18.0. The van der Waals surface area contributed by atoms with E-state index in [2.05, 4.69) is 14.7 Å². The lowest BCUT2D eigenvalue weighted by Gasteiger charge is -2.44. The number of hydrogen-bond donors (Lipinski definition) is 1. The van der Waals surface area contributed by atoms with Crippen molar-refractivity contribution in [2.75, 3.05) is 24.7 Å². The van der Waals surface area contributed by atoms with Crippen LogP contribution in [0.3, 0.4) is 0 Å². The van der Waals surface area contributed by atoms with E-state index in [4.69, 9.17) is 9.47 Å². The molecule has 8 nitrogen and oxygen atoms in total. The van der Waals surface area contributed by atoms with Gasteiger partial charge in [-0.1, -0.05) is 6.07 Å². The van der Waals surface area contributed by atoms with Crippen molar-refractivity contribution >= 4 is 21.5 Å². The molecule has 0 aliphatic carbocycles. The van der Waals surface area contributed by atoms with Crippen molar-refractivity contribution in [3.63, 3.8) is 0 Å². The van der Waals surface area contributed by atoms with Crippen LogP contribution in [-0.2, 0) is 35.2 Å². The molecule has 4 rings (SSSR count). The first kappa shape index (κ1) is 22.4. The molecule has 1 N–H and O–H groups in total. The van der Waals surface area contributed by atoms with E-state index in [1.807, 2.05) is 19.1 Å². The molecule has 170 valence electrons. The van der Waals surface area contributed by atoms with Crippen molar-refractivity contribution in [1.82, 2.24) is 10.3 Å². The summed E-state index contributed by atoms with van der Waals surface area (Å²) < 4.78 is 28.9. The molecule has 4 heterocycles. The summed E-state index contributed by atoms with van der Waals surface area (Å²) in [5.74, 6) is 0.143. The molecule has 0 radical (unpaired) electrons. The molecule has 0 saturated carbocycles. The number of carbonyl (C=O) groups is 2. The molecule has 3 unspecified atom stereocenters. The quantitative estimate of drug-likeness (QED) is 0.752. The minimum atomic E-state index is -2.56. The average Bonchev–Trinajstić information content (AvgIpc) is 3.18. The van der Waals surface area contributed by atoms with Crippen molar-refractivity contribution < 1.29 is 23.3 Å². The molecule has 1 aromatic rings. The number of pyridine rings is 1. The molecular weight excluding hydrogens is 418 g/mol. The molecule has 3 fully saturated rings. The summed E-state index contributed by atoms with van der Waals surface area (Å²) in [5.41, 5.74) is 0.488. The van der Waals surface area contributed by atoms with Gasteiger partial charge in [0.2, 0.25) is 5.91 Å². The minimum absolute atomic E-state index is 0.0248. The standard InChI is InChI=1S/C22H31N3O5S/c1-16-11-18(15-29-16)21(27)25-31(28)9-5-22(6-10-31)13-19(4-8-30-22)24-20(26)12-17-3-2-7-23-14-17/h2-3,7,14,16,18-19H,4-6,8-13,15H2,1H3,(H,24,26). The Morgan fingerprint density at radius 2 is 2.16 bits per heavy atom. The maximum atomic E-state index is 13.2. The summed E-state index contributed by atoms with van der Waals surface area (Å²) >= 11 is 0. The molecule has 0 bridgehead atoms. The second kappa shape index (κ2) is 9.34. The lowest BCUT2D eigenvalue weighted by atomic mass is 9.85. The minimum Gasteiger partial charge on any atom is -0.378 e. The predicted molar refractivity (Wildman–Crippen MR) is 116 cm³/mol. The largest absolute Gasteiger partial charge is 0.378 e. The Labute approximate surface area is 183 Å². The van der Waals surface area contributed by atoms with Crippen LogP contribution in [0.4, 0.5) is 0 Å². The van der Waals surface area contributed by atoms with E-state index in [-0.39, 0.29) is 29.9 Å². The van der Waals surface area contributed by atoms with E-state index in [1.165, 1.54) is 0 Å². The summed E-state index contributed by atoms with van der Waals surface area (Å²) in [7, 11) is -2.56. The van der Waals surface area contributed by atoms with Gasteiger partial charge in [-0.3, -0.25) is 14.6 Å². The monoisotopic (exact) mass is 449 g/mol. The third-order valence-corrected chi connectivity index (χ3v) is 8.70. The van der Waals surface area contributed by atoms with E-state index >= 15 is 0 Å². The van der Waals surface area contributed by atoms with Gasteiger partial charge in [-0.05, 0) is 50.7 Å². The van der Waals surface area contributed by atoms with Gasteiger partial charge in [-0.2, -0.15) is 4.36 Å². The van der Waals surface area contributed by atoms with Crippen LogP contribution in [0.5, 0.6) is 0 Å². The Hall–Kier alpha value is -1.84. The highest BCUT2D eigenvalue weighted by atomic mass is 32.2. The van der Waals surface area contributed by atoms with Crippen LogP contribution in [0, 0.1) is 5.92 Å². The number of carbonyl (C=O) groups excluding carboxylic acids is 2. The summed E-state index contributed by atoms with van der Waals surface area (Å²) in [6, 6.07) is 3.74. The molecule has 3 aliphatic heterocycles. The molecule has 3 aliphatic rings. The second-order valence-electron chi connectivity index (χ2n) is 9.01. The Morgan fingerprint density at radius 1 is 1.35 bits per heavy atom. The molecule has 2 amide bonds. The van der Waals surface area contributed by atoms with Crippen LogP contribution >= 0.6 is 0 Å². The van der Waals surface area contributed by atoms with Crippen LogP contribution in [0.25, 0.3) is 0 Å². The lowest BCUT2D eigenvalue weighted by molar-refractivity contribution is -0.125. The molecule has 1 aromatic heterocycles. The zero-order chi connectivity index (χ0) is 21.9. The Kier molecular flexibility index (Phi) is 6.74. The Balaban J connectivity index is 1.32. The molecule has 9 heteroatoms. The van der Waals surface area contributed by atoms with Gasteiger partial charge >= 0.3 is 0 Å². The normalized spacial score (nSPS) is 35.6. The van der Waals surface area contributed by atoms with Crippen LogP contribution in [0.1, 0.15) is 44.6 Å². The highest BCUT2D eigenvalue weighted by Gasteiger charge is 2.42. The molecule has 1 spiro atoms. The summed E-state index contributed by atoms with van der Waals surface area (Å²) in [6.45, 7) is 2.86. The van der Waals surface area contributed by atoms with E-state index in [0.717, 1.165) is 12.0 Å². The third-order valence-electron chi connectivity index (χ3n) is 6.50. The zero-order valence-corrected chi connectivity index (χ0v) is 18.8. The highest BCUT2D eigenvalue weighted by molar-refractivity contribution is 7.93. The van der Waals surface area contributed by atoms with Crippen LogP contribution in [0.2, 0.25) is 0 Å². The van der Waals surface area contributed by atoms with Crippen LogP contribution in [-0.4, -0.2) is 63.5 Å². The van der Waals surface area contributed by atoms with Crippen molar-refractivity contribution in [1.29, 1.82) is 0 Å². The molecule has 3 atom stereocenters. The Morgan fingerprint density at radius 3 is 2.84 bits per heavy atom. The fraction of sp³-hybridized carbons (Fsp3) is 0.682. The van der Waals surface area contributed by atoms with Crippen molar-refractivity contribution in [3.8, 4) is 0 Å². The average molecular weight is 450 g/mol. The van der Waals surface area contributed by atoms with E-state index in [9.17, 15) is 13.8 Å². The number of aromatic nitrogens is 1. The van der Waals surface area contributed by atoms with Crippen LogP contribution in [0.15, 0.2) is 28.9 Å². The first-order valence-electron chi connectivity index (χ1n) is 11.0. The molecule has 31 heavy (non-hydrogen) atoms. The van der Waals surface area contributed by atoms with Crippen molar-refractivity contribution in [2.45, 2.75) is 63.2 Å². The summed E-state index contributed by atoms with van der Waals surface area (Å²) in [5, 5.41) is 3.12. The number of nitrogens with one attached hydrogen (secondary N) is 1. The smallest absolute Gasteiger partial charge is 0.259 e. The van der Waals surface area contributed by atoms with Crippen molar-refractivity contribution in [2.24, 2.45) is 10.3 Å². The Bertz CT molecular complexity index is 914. The van der Waals surface area contributed by atoms with Gasteiger partial charge in [0, 0.05) is 36.5 Å². The van der Waals surface area contributed by atoms with E-state index in [0.29, 0.717) is 56.8 Å². The molecule has 0 aromatic carbocycles. The maximum absolute atomic E-state index is 13.2. The number of nitrogens with zero attached hydrogens (tertiary/aromatic N) is 2. The van der Waals surface area contributed by atoms with Gasteiger partial charge in [-0.15, -0.1) is 0 Å². The number of rotatable bonds is 4. The number of ether oxygens (including phenoxy) is 2. The van der Waals surface area contributed by atoms with E-state index < -0.39 is 15.3 Å². The van der Waals surface area contributed by atoms with Gasteiger partial charge in [0.25, 0.3) is 5.91 Å². The van der Waals surface area contributed by atoms with Gasteiger partial charge < -0.3 is 14.8 Å². The second-order valence-corrected chi connectivity index (χ2v) is 11.6. The van der Waals surface area contributed by atoms with E-state index in [1.54, 1.807) is 12.4 Å². The van der Waals surface area contributed by atoms with Gasteiger partial charge in [0.05, 0.1) is 40.4 Å². The number of amides is 2. The number of hydrogen-bond acceptors (Lipinski definition) is 6. The summed E-state index contributed by atoms with van der Waals surface area (Å²) in [4.78, 5) is 28.9. The summed E-state index contributed by atoms with van der Waals surface area (Å²) in [6.07, 6.45) is 7.03. The van der Waals surface area contributed by atoms with Gasteiger partial charge in [-0.25, -0.2) is 4.21 Å². The molecular formula is C22H31N3O5S. The molecule has 3 saturated heterocycles. The topological polar surface area (TPSA) is 107 Å². The van der Waals surface area contributed by atoms with Gasteiger partial charge in [0.1, 0.15) is 0 Å². The lowest BCUT2D eigenvalue weighted by Crippen LogP contribution is -2.52. The highest BCUT2D eigenvalue weighted by Crippen LogP contribution is 2.36. The van der Waals surface area contributed by atoms with Gasteiger partial charge in [0.15, 0.2) is 0 Å². The van der Waals surface area contributed by atoms with Crippen molar-refractivity contribution in [3.05, 3.63) is 30.1 Å². The fourth-order valence-corrected chi connectivity index (χ4v) is 6.95. The van der Waals surface area contributed by atoms with Crippen LogP contribution < -0.4 is 5.32 Å². The maximum Gasteiger partial charge on any atom is 0.259 e. The first-order chi connectivity index (χ1) is 14.8. The predicted octanol–water partition coefficient (Wildman–Crippen LogP) is 1.87. The first-order valence-corrected chi connectivity index (χ1v) is 12.9.